The highest BCUT2D eigenvalue weighted by Crippen LogP contribution is 2.34. The molecule has 3 aromatic rings. The molecule has 2 fully saturated rings. The molecule has 1 atom stereocenters. The Morgan fingerprint density at radius 3 is 2.44 bits per heavy atom. The van der Waals surface area contributed by atoms with Crippen molar-refractivity contribution in [2.75, 3.05) is 32.4 Å². The molecule has 39 heavy (non-hydrogen) atoms. The van der Waals surface area contributed by atoms with Crippen molar-refractivity contribution < 1.29 is 17.6 Å². The van der Waals surface area contributed by atoms with E-state index in [1.807, 2.05) is 6.07 Å². The van der Waals surface area contributed by atoms with E-state index in [-0.39, 0.29) is 29.2 Å². The normalized spacial score (nSPS) is 19.6. The molecular weight excluding hydrogens is 521 g/mol. The third-order valence-corrected chi connectivity index (χ3v) is 9.44. The van der Waals surface area contributed by atoms with E-state index in [0.717, 1.165) is 25.7 Å². The molecule has 1 saturated carbocycles. The number of aromatic amines is 1. The highest BCUT2D eigenvalue weighted by molar-refractivity contribution is 7.88. The van der Waals surface area contributed by atoms with Crippen LogP contribution in [-0.2, 0) is 23.6 Å². The topological polar surface area (TPSA) is 116 Å². The highest BCUT2D eigenvalue weighted by Gasteiger charge is 2.30. The van der Waals surface area contributed by atoms with E-state index < -0.39 is 10.0 Å². The third kappa shape index (κ3) is 6.33. The monoisotopic (exact) mass is 559 g/mol. The quantitative estimate of drug-likeness (QED) is 0.459. The lowest BCUT2D eigenvalue weighted by atomic mass is 9.85. The second-order valence-corrected chi connectivity index (χ2v) is 12.9. The summed E-state index contributed by atoms with van der Waals surface area (Å²) in [7, 11) is -1.49. The number of hydrogen-bond donors (Lipinski definition) is 2. The van der Waals surface area contributed by atoms with E-state index in [1.165, 1.54) is 29.8 Å². The lowest BCUT2D eigenvalue weighted by Gasteiger charge is -2.33. The molecule has 0 spiro atoms. The molecule has 1 saturated heterocycles. The van der Waals surface area contributed by atoms with Crippen LogP contribution in [0.15, 0.2) is 24.4 Å². The third-order valence-electron chi connectivity index (χ3n) is 8.14. The number of nitrogens with one attached hydrogen (secondary N) is 2. The van der Waals surface area contributed by atoms with E-state index in [2.05, 4.69) is 20.3 Å². The molecule has 3 heterocycles. The fraction of sp³-hybridized carbons (Fsp3) is 0.593. The highest BCUT2D eigenvalue weighted by atomic mass is 32.2. The van der Waals surface area contributed by atoms with Crippen molar-refractivity contribution in [1.29, 1.82) is 0 Å². The van der Waals surface area contributed by atoms with Gasteiger partial charge in [0, 0.05) is 51.5 Å². The molecule has 0 radical (unpaired) electrons. The van der Waals surface area contributed by atoms with Crippen molar-refractivity contribution in [3.05, 3.63) is 47.3 Å². The Labute approximate surface area is 229 Å². The second-order valence-electron chi connectivity index (χ2n) is 10.9. The van der Waals surface area contributed by atoms with E-state index in [1.54, 1.807) is 30.1 Å². The van der Waals surface area contributed by atoms with Crippen LogP contribution in [0.2, 0.25) is 0 Å². The van der Waals surface area contributed by atoms with Crippen LogP contribution in [0.5, 0.6) is 0 Å². The largest absolute Gasteiger partial charge is 0.340 e. The molecule has 2 N–H and O–H groups in total. The molecule has 2 aliphatic rings. The van der Waals surface area contributed by atoms with Gasteiger partial charge in [0.25, 0.3) is 5.91 Å². The molecule has 10 nitrogen and oxygen atoms in total. The lowest BCUT2D eigenvalue weighted by Crippen LogP contribution is -2.47. The van der Waals surface area contributed by atoms with Gasteiger partial charge < -0.3 is 10.3 Å². The maximum Gasteiger partial charge on any atom is 0.270 e. The summed E-state index contributed by atoms with van der Waals surface area (Å²) in [5.41, 5.74) is 1.85. The Morgan fingerprint density at radius 1 is 1.10 bits per heavy atom. The molecule has 212 valence electrons. The number of nitrogens with zero attached hydrogens (tertiary/aromatic N) is 5. The number of carbonyl (C=O) groups is 1. The molecule has 1 aliphatic carbocycles. The number of hydrogen-bond acceptors (Lipinski definition) is 6. The Morgan fingerprint density at radius 2 is 1.79 bits per heavy atom. The Kier molecular flexibility index (Phi) is 8.34. The van der Waals surface area contributed by atoms with Gasteiger partial charge in [-0.1, -0.05) is 38.2 Å². The van der Waals surface area contributed by atoms with Crippen LogP contribution in [0.1, 0.15) is 72.9 Å². The first-order valence-corrected chi connectivity index (χ1v) is 15.7. The summed E-state index contributed by atoms with van der Waals surface area (Å²) in [6.07, 6.45) is 10.5. The number of fused-ring (bicyclic) bond motifs is 1. The minimum absolute atomic E-state index is 0.191. The molecule has 1 aromatic carbocycles. The number of H-pyrrole nitrogens is 1. The summed E-state index contributed by atoms with van der Waals surface area (Å²) in [5, 5.41) is 7.32. The maximum absolute atomic E-state index is 15.8. The van der Waals surface area contributed by atoms with Gasteiger partial charge in [-0.3, -0.25) is 14.4 Å². The van der Waals surface area contributed by atoms with E-state index >= 15 is 4.39 Å². The number of aryl methyl sites for hydroxylation is 1. The van der Waals surface area contributed by atoms with Gasteiger partial charge in [0.15, 0.2) is 5.82 Å². The number of rotatable bonds is 7. The predicted octanol–water partition coefficient (Wildman–Crippen LogP) is 3.34. The molecule has 12 heteroatoms. The first-order chi connectivity index (χ1) is 18.7. The first kappa shape index (κ1) is 27.7. The van der Waals surface area contributed by atoms with Gasteiger partial charge in [-0.25, -0.2) is 17.8 Å². The van der Waals surface area contributed by atoms with E-state index in [4.69, 9.17) is 4.98 Å². The van der Waals surface area contributed by atoms with Crippen molar-refractivity contribution in [2.45, 2.75) is 57.5 Å². The number of carbonyl (C=O) groups excluding carboxylic acids is 1. The lowest BCUT2D eigenvalue weighted by molar-refractivity contribution is 0.0902. The van der Waals surface area contributed by atoms with Crippen molar-refractivity contribution in [2.24, 2.45) is 13.0 Å². The number of benzene rings is 1. The Hall–Kier alpha value is -2.83. The van der Waals surface area contributed by atoms with Gasteiger partial charge in [-0.15, -0.1) is 0 Å². The summed E-state index contributed by atoms with van der Waals surface area (Å²) in [4.78, 5) is 23.3. The van der Waals surface area contributed by atoms with Crippen molar-refractivity contribution in [1.82, 2.24) is 34.3 Å². The Balaban J connectivity index is 1.39. The molecule has 1 unspecified atom stereocenters. The van der Waals surface area contributed by atoms with Crippen LogP contribution in [0.4, 0.5) is 4.39 Å². The van der Waals surface area contributed by atoms with Crippen LogP contribution >= 0.6 is 0 Å². The summed E-state index contributed by atoms with van der Waals surface area (Å²) < 4.78 is 42.4. The molecule has 1 amide bonds. The second kappa shape index (κ2) is 11.7. The maximum atomic E-state index is 15.8. The van der Waals surface area contributed by atoms with Crippen molar-refractivity contribution in [3.8, 4) is 0 Å². The molecule has 1 aliphatic heterocycles. The minimum atomic E-state index is -3.22. The van der Waals surface area contributed by atoms with Gasteiger partial charge >= 0.3 is 0 Å². The zero-order valence-electron chi connectivity index (χ0n) is 22.7. The van der Waals surface area contributed by atoms with Crippen LogP contribution in [-0.4, -0.2) is 75.7 Å². The zero-order valence-corrected chi connectivity index (χ0v) is 23.5. The van der Waals surface area contributed by atoms with Gasteiger partial charge in [0.2, 0.25) is 10.0 Å². The molecule has 0 bridgehead atoms. The van der Waals surface area contributed by atoms with Crippen LogP contribution in [0.3, 0.4) is 0 Å². The smallest absolute Gasteiger partial charge is 0.270 e. The summed E-state index contributed by atoms with van der Waals surface area (Å²) in [6, 6.07) is 4.92. The van der Waals surface area contributed by atoms with Gasteiger partial charge in [0.1, 0.15) is 17.0 Å². The predicted molar refractivity (Wildman–Crippen MR) is 147 cm³/mol. The van der Waals surface area contributed by atoms with Crippen LogP contribution in [0.25, 0.3) is 11.0 Å². The van der Waals surface area contributed by atoms with E-state index in [0.29, 0.717) is 55.3 Å². The minimum Gasteiger partial charge on any atom is -0.340 e. The summed E-state index contributed by atoms with van der Waals surface area (Å²) in [5.74, 6) is 0.160. The van der Waals surface area contributed by atoms with Gasteiger partial charge in [-0.2, -0.15) is 9.40 Å². The standard InChI is InChI=1S/C27H38FN7O3S/c1-33-22(12-13-29-33)27(36)32-24(19-8-6-4-3-5-7-9-19)26-30-21-11-10-20(23(28)25(21)31-26)18-34-14-16-35(17-15-34)39(2,37)38/h10-13,19,24H,3-9,14-18H2,1-2H3,(H,30,31)(H,32,36). The molecular formula is C27H38FN7O3S. The SMILES string of the molecule is Cn1nccc1C(=O)NC(c1nc2c(F)c(CN3CCN(S(C)(=O)=O)CC3)ccc2[nH]1)C1CCCCCCC1. The number of sulfonamides is 1. The van der Waals surface area contributed by atoms with Gasteiger partial charge in [0.05, 0.1) is 17.8 Å². The first-order valence-electron chi connectivity index (χ1n) is 13.8. The van der Waals surface area contributed by atoms with Crippen LogP contribution < -0.4 is 5.32 Å². The van der Waals surface area contributed by atoms with Crippen LogP contribution in [0, 0.1) is 11.7 Å². The van der Waals surface area contributed by atoms with E-state index in [9.17, 15) is 13.2 Å². The average Bonchev–Trinajstić information content (AvgIpc) is 3.51. The molecule has 2 aromatic heterocycles. The fourth-order valence-corrected chi connectivity index (χ4v) is 6.70. The number of amides is 1. The average molecular weight is 560 g/mol. The fourth-order valence-electron chi connectivity index (χ4n) is 5.87. The summed E-state index contributed by atoms with van der Waals surface area (Å²) >= 11 is 0. The zero-order chi connectivity index (χ0) is 27.6. The van der Waals surface area contributed by atoms with Crippen molar-refractivity contribution >= 4 is 27.0 Å². The number of halogens is 1. The van der Waals surface area contributed by atoms with Crippen molar-refractivity contribution in [3.63, 3.8) is 0 Å². The molecule has 5 rings (SSSR count). The van der Waals surface area contributed by atoms with Gasteiger partial charge in [-0.05, 0) is 30.9 Å². The number of piperazine rings is 1. The number of imidazole rings is 1. The number of aromatic nitrogens is 4. The Bertz CT molecular complexity index is 1400. The summed E-state index contributed by atoms with van der Waals surface area (Å²) in [6.45, 7) is 2.26.